The Kier molecular flexibility index (Phi) is 4.70. The summed E-state index contributed by atoms with van der Waals surface area (Å²) in [4.78, 5) is 9.26. The average Bonchev–Trinajstić information content (AvgIpc) is 3.31. The predicted molar refractivity (Wildman–Crippen MR) is 127 cm³/mol. The van der Waals surface area contributed by atoms with Crippen molar-refractivity contribution in [1.82, 2.24) is 19.6 Å². The smallest absolute Gasteiger partial charge is 0.228 e. The molecule has 0 bridgehead atoms. The number of methoxy groups -OCH3 is 2. The largest absolute Gasteiger partial charge is 0.508 e. The molecule has 1 aliphatic heterocycles. The Hall–Kier alpha value is -4.79. The number of ether oxygens (including phenoxy) is 3. The van der Waals surface area contributed by atoms with E-state index in [4.69, 9.17) is 19.2 Å². The van der Waals surface area contributed by atoms with Crippen LogP contribution in [0, 0.1) is 0 Å². The number of nitrogens with zero attached hydrogens (tertiary/aromatic N) is 4. The second kappa shape index (κ2) is 7.91. The Bertz CT molecular complexity index is 1600. The molecular formula is C26H20N4O5. The molecule has 6 rings (SSSR count). The van der Waals surface area contributed by atoms with Gasteiger partial charge in [-0.05, 0) is 35.9 Å². The molecule has 2 aromatic heterocycles. The highest BCUT2D eigenvalue weighted by atomic mass is 16.5. The lowest BCUT2D eigenvalue weighted by Crippen LogP contribution is -2.15. The molecule has 9 heteroatoms. The third-order valence-corrected chi connectivity index (χ3v) is 6.08. The summed E-state index contributed by atoms with van der Waals surface area (Å²) in [6.45, 7) is 0. The zero-order valence-corrected chi connectivity index (χ0v) is 18.8. The Labute approximate surface area is 199 Å². The molecule has 9 nitrogen and oxygen atoms in total. The van der Waals surface area contributed by atoms with Crippen molar-refractivity contribution in [3.8, 4) is 46.0 Å². The molecule has 3 aromatic carbocycles. The van der Waals surface area contributed by atoms with Crippen LogP contribution < -0.4 is 14.2 Å². The van der Waals surface area contributed by atoms with Gasteiger partial charge in [0.15, 0.2) is 23.0 Å². The zero-order chi connectivity index (χ0) is 24.1. The van der Waals surface area contributed by atoms with Gasteiger partial charge in [0.25, 0.3) is 0 Å². The quantitative estimate of drug-likeness (QED) is 0.389. The Balaban J connectivity index is 1.62. The van der Waals surface area contributed by atoms with E-state index >= 15 is 0 Å². The predicted octanol–water partition coefficient (Wildman–Crippen LogP) is 4.51. The summed E-state index contributed by atoms with van der Waals surface area (Å²) in [6, 6.07) is 17.6. The van der Waals surface area contributed by atoms with Gasteiger partial charge < -0.3 is 24.4 Å². The van der Waals surface area contributed by atoms with Crippen LogP contribution in [-0.4, -0.2) is 44.0 Å². The van der Waals surface area contributed by atoms with E-state index in [-0.39, 0.29) is 17.4 Å². The molecule has 0 amide bonds. The summed E-state index contributed by atoms with van der Waals surface area (Å²) in [5.74, 6) is 2.21. The van der Waals surface area contributed by atoms with Gasteiger partial charge in [0.1, 0.15) is 23.6 Å². The van der Waals surface area contributed by atoms with Crippen LogP contribution in [0.15, 0.2) is 67.0 Å². The summed E-state index contributed by atoms with van der Waals surface area (Å²) in [7, 11) is 3.17. The van der Waals surface area contributed by atoms with Crippen LogP contribution in [0.25, 0.3) is 17.0 Å². The lowest BCUT2D eigenvalue weighted by Gasteiger charge is -2.28. The average molecular weight is 468 g/mol. The Morgan fingerprint density at radius 3 is 2.57 bits per heavy atom. The lowest BCUT2D eigenvalue weighted by molar-refractivity contribution is 0.354. The zero-order valence-electron chi connectivity index (χ0n) is 18.8. The Morgan fingerprint density at radius 1 is 0.943 bits per heavy atom. The third-order valence-electron chi connectivity index (χ3n) is 6.08. The number of benzene rings is 3. The number of aromatic hydroxyl groups is 2. The van der Waals surface area contributed by atoms with Crippen LogP contribution in [-0.2, 0) is 0 Å². The van der Waals surface area contributed by atoms with Crippen molar-refractivity contribution >= 4 is 5.65 Å². The van der Waals surface area contributed by atoms with E-state index in [2.05, 4.69) is 10.1 Å². The van der Waals surface area contributed by atoms with Crippen LogP contribution in [0.4, 0.5) is 0 Å². The molecule has 2 N–H and O–H groups in total. The van der Waals surface area contributed by atoms with Crippen LogP contribution in [0.1, 0.15) is 22.6 Å². The lowest BCUT2D eigenvalue weighted by atomic mass is 9.83. The van der Waals surface area contributed by atoms with Gasteiger partial charge in [0.2, 0.25) is 5.88 Å². The van der Waals surface area contributed by atoms with E-state index in [1.807, 2.05) is 30.3 Å². The maximum absolute atomic E-state index is 10.3. The van der Waals surface area contributed by atoms with Crippen LogP contribution >= 0.6 is 0 Å². The summed E-state index contributed by atoms with van der Waals surface area (Å²) in [6.07, 6.45) is 1.52. The van der Waals surface area contributed by atoms with Crippen molar-refractivity contribution in [3.05, 3.63) is 83.7 Å². The normalized spacial score (nSPS) is 14.2. The first-order chi connectivity index (χ1) is 17.1. The van der Waals surface area contributed by atoms with Gasteiger partial charge in [-0.15, -0.1) is 5.10 Å². The van der Waals surface area contributed by atoms with Crippen molar-refractivity contribution in [2.24, 2.45) is 0 Å². The third kappa shape index (κ3) is 3.28. The SMILES string of the molecule is COc1ccc(C2c3ccc(O)cc3Oc3ncn4nc(-c5ccccc5O)nc4c32)cc1OC. The van der Waals surface area contributed by atoms with Crippen LogP contribution in [0.5, 0.6) is 34.6 Å². The molecule has 1 unspecified atom stereocenters. The summed E-state index contributed by atoms with van der Waals surface area (Å²) < 4.78 is 18.6. The van der Waals surface area contributed by atoms with Gasteiger partial charge >= 0.3 is 0 Å². The molecule has 35 heavy (non-hydrogen) atoms. The molecule has 0 radical (unpaired) electrons. The molecule has 1 atom stereocenters. The van der Waals surface area contributed by atoms with E-state index in [1.165, 1.54) is 6.33 Å². The van der Waals surface area contributed by atoms with E-state index < -0.39 is 0 Å². The van der Waals surface area contributed by atoms with E-state index in [1.54, 1.807) is 49.1 Å². The van der Waals surface area contributed by atoms with E-state index in [0.717, 1.165) is 11.1 Å². The standard InChI is InChI=1S/C26H20N4O5/c1-33-19-10-7-14(11-21(19)34-2)22-17-9-8-15(31)12-20(17)35-26-23(22)25-28-24(29-30(25)13-27-26)16-5-3-4-6-18(16)32/h3-13,22,31-32H,1-2H3. The van der Waals surface area contributed by atoms with Crippen molar-refractivity contribution in [2.45, 2.75) is 5.92 Å². The first kappa shape index (κ1) is 20.8. The van der Waals surface area contributed by atoms with Gasteiger partial charge in [-0.1, -0.05) is 24.3 Å². The summed E-state index contributed by atoms with van der Waals surface area (Å²) in [5.41, 5.74) is 3.46. The second-order valence-electron chi connectivity index (χ2n) is 8.06. The maximum atomic E-state index is 10.3. The number of para-hydroxylation sites is 1. The van der Waals surface area contributed by atoms with Gasteiger partial charge in [0.05, 0.1) is 25.3 Å². The minimum absolute atomic E-state index is 0.0822. The van der Waals surface area contributed by atoms with Gasteiger partial charge in [-0.3, -0.25) is 0 Å². The molecule has 0 saturated heterocycles. The van der Waals surface area contributed by atoms with Gasteiger partial charge in [-0.2, -0.15) is 0 Å². The number of hydrogen-bond acceptors (Lipinski definition) is 8. The first-order valence-electron chi connectivity index (χ1n) is 10.8. The maximum Gasteiger partial charge on any atom is 0.228 e. The fourth-order valence-electron chi connectivity index (χ4n) is 4.46. The van der Waals surface area contributed by atoms with Gasteiger partial charge in [0, 0.05) is 17.5 Å². The number of phenolic OH excluding ortho intramolecular Hbond substituents is 2. The molecule has 0 spiro atoms. The molecule has 0 fully saturated rings. The number of hydrogen-bond donors (Lipinski definition) is 2. The highest BCUT2D eigenvalue weighted by Gasteiger charge is 2.34. The molecule has 174 valence electrons. The number of phenols is 2. The molecule has 1 aliphatic rings. The second-order valence-corrected chi connectivity index (χ2v) is 8.06. The fourth-order valence-corrected chi connectivity index (χ4v) is 4.46. The van der Waals surface area contributed by atoms with Crippen molar-refractivity contribution in [3.63, 3.8) is 0 Å². The summed E-state index contributed by atoms with van der Waals surface area (Å²) in [5, 5.41) is 25.0. The number of fused-ring (bicyclic) bond motifs is 4. The Morgan fingerprint density at radius 2 is 1.77 bits per heavy atom. The molecule has 3 heterocycles. The van der Waals surface area contributed by atoms with Crippen molar-refractivity contribution < 1.29 is 24.4 Å². The van der Waals surface area contributed by atoms with Crippen molar-refractivity contribution in [2.75, 3.05) is 14.2 Å². The highest BCUT2D eigenvalue weighted by Crippen LogP contribution is 2.49. The minimum atomic E-state index is -0.355. The fraction of sp³-hybridized carbons (Fsp3) is 0.115. The first-order valence-corrected chi connectivity index (χ1v) is 10.8. The van der Waals surface area contributed by atoms with Gasteiger partial charge in [-0.25, -0.2) is 14.5 Å². The molecular weight excluding hydrogens is 448 g/mol. The molecule has 0 aliphatic carbocycles. The minimum Gasteiger partial charge on any atom is -0.508 e. The highest BCUT2D eigenvalue weighted by molar-refractivity contribution is 5.71. The van der Waals surface area contributed by atoms with Crippen molar-refractivity contribution in [1.29, 1.82) is 0 Å². The monoisotopic (exact) mass is 468 g/mol. The summed E-state index contributed by atoms with van der Waals surface area (Å²) >= 11 is 0. The van der Waals surface area contributed by atoms with Crippen LogP contribution in [0.3, 0.4) is 0 Å². The van der Waals surface area contributed by atoms with E-state index in [9.17, 15) is 10.2 Å². The molecule has 0 saturated carbocycles. The topological polar surface area (TPSA) is 111 Å². The number of aromatic nitrogens is 4. The number of rotatable bonds is 4. The molecule has 5 aromatic rings. The van der Waals surface area contributed by atoms with E-state index in [0.29, 0.717) is 45.7 Å². The van der Waals surface area contributed by atoms with Crippen LogP contribution in [0.2, 0.25) is 0 Å².